The molecule has 0 saturated heterocycles. The predicted molar refractivity (Wildman–Crippen MR) is 80.9 cm³/mol. The van der Waals surface area contributed by atoms with Crippen LogP contribution in [0, 0.1) is 19.7 Å². The molecular weight excluding hydrogens is 251 g/mol. The molecule has 100 valence electrons. The van der Waals surface area contributed by atoms with Crippen molar-refractivity contribution in [2.75, 3.05) is 5.32 Å². The summed E-state index contributed by atoms with van der Waals surface area (Å²) in [5, 5.41) is 4.15. The van der Waals surface area contributed by atoms with E-state index in [0.717, 1.165) is 22.2 Å². The van der Waals surface area contributed by atoms with Crippen molar-refractivity contribution in [3.8, 4) is 0 Å². The molecule has 0 radical (unpaired) electrons. The third-order valence-electron chi connectivity index (χ3n) is 3.58. The number of aromatic nitrogens is 1. The van der Waals surface area contributed by atoms with Crippen molar-refractivity contribution in [2.24, 2.45) is 0 Å². The lowest BCUT2D eigenvalue weighted by atomic mass is 10.0. The highest BCUT2D eigenvalue weighted by Crippen LogP contribution is 2.29. The smallest absolute Gasteiger partial charge is 0.146 e. The molecule has 2 nitrogen and oxygen atoms in total. The lowest BCUT2D eigenvalue weighted by molar-refractivity contribution is 0.632. The van der Waals surface area contributed by atoms with Gasteiger partial charge in [0, 0.05) is 17.3 Å². The van der Waals surface area contributed by atoms with Gasteiger partial charge in [-0.05, 0) is 43.2 Å². The molecule has 0 amide bonds. The summed E-state index contributed by atoms with van der Waals surface area (Å²) in [4.78, 5) is 4.43. The van der Waals surface area contributed by atoms with E-state index < -0.39 is 0 Å². The number of hydrogen-bond acceptors (Lipinski definition) is 2. The maximum atomic E-state index is 13.7. The van der Waals surface area contributed by atoms with Crippen LogP contribution < -0.4 is 5.32 Å². The number of para-hydroxylation sites is 1. The zero-order chi connectivity index (χ0) is 14.1. The van der Waals surface area contributed by atoms with Crippen molar-refractivity contribution < 1.29 is 4.39 Å². The molecule has 2 aromatic carbocycles. The third-order valence-corrected chi connectivity index (χ3v) is 3.58. The maximum Gasteiger partial charge on any atom is 0.146 e. The number of rotatable bonds is 2. The van der Waals surface area contributed by atoms with E-state index in [9.17, 15) is 4.39 Å². The predicted octanol–water partition coefficient (Wildman–Crippen LogP) is 4.73. The summed E-state index contributed by atoms with van der Waals surface area (Å²) in [6.07, 6.45) is 1.75. The van der Waals surface area contributed by atoms with E-state index >= 15 is 0 Å². The van der Waals surface area contributed by atoms with E-state index in [2.05, 4.69) is 30.2 Å². The van der Waals surface area contributed by atoms with E-state index in [0.29, 0.717) is 5.69 Å². The van der Waals surface area contributed by atoms with Crippen molar-refractivity contribution in [1.29, 1.82) is 0 Å². The second-order valence-corrected chi connectivity index (χ2v) is 4.87. The normalized spacial score (nSPS) is 10.8. The van der Waals surface area contributed by atoms with Gasteiger partial charge in [0.25, 0.3) is 0 Å². The molecular formula is C17H15FN2. The second kappa shape index (κ2) is 4.93. The third kappa shape index (κ3) is 2.11. The Morgan fingerprint density at radius 3 is 2.55 bits per heavy atom. The standard InChI is InChI=1S/C17H15FN2/c1-11-7-8-13-15(9-10-19-17(13)12(11)2)20-16-6-4-3-5-14(16)18/h3-10H,1-2H3,(H,19,20). The molecule has 0 aliphatic heterocycles. The van der Waals surface area contributed by atoms with Crippen LogP contribution in [0.4, 0.5) is 15.8 Å². The fourth-order valence-electron chi connectivity index (χ4n) is 2.28. The van der Waals surface area contributed by atoms with Crippen LogP contribution in [0.5, 0.6) is 0 Å². The van der Waals surface area contributed by atoms with Gasteiger partial charge in [-0.3, -0.25) is 4.98 Å². The van der Waals surface area contributed by atoms with E-state index in [4.69, 9.17) is 0 Å². The molecule has 20 heavy (non-hydrogen) atoms. The van der Waals surface area contributed by atoms with Crippen molar-refractivity contribution in [3.05, 3.63) is 65.6 Å². The first-order chi connectivity index (χ1) is 9.66. The van der Waals surface area contributed by atoms with Crippen molar-refractivity contribution in [3.63, 3.8) is 0 Å². The van der Waals surface area contributed by atoms with Gasteiger partial charge in [0.1, 0.15) is 5.82 Å². The van der Waals surface area contributed by atoms with E-state index in [1.807, 2.05) is 18.2 Å². The quantitative estimate of drug-likeness (QED) is 0.725. The first-order valence-electron chi connectivity index (χ1n) is 6.53. The minimum absolute atomic E-state index is 0.263. The molecule has 1 aromatic heterocycles. The number of halogens is 1. The number of anilines is 2. The molecule has 0 aliphatic rings. The van der Waals surface area contributed by atoms with E-state index in [-0.39, 0.29) is 5.82 Å². The van der Waals surface area contributed by atoms with Crippen LogP contribution in [-0.2, 0) is 0 Å². The number of fused-ring (bicyclic) bond motifs is 1. The maximum absolute atomic E-state index is 13.7. The van der Waals surface area contributed by atoms with Crippen LogP contribution in [-0.4, -0.2) is 4.98 Å². The Morgan fingerprint density at radius 2 is 1.75 bits per heavy atom. The Labute approximate surface area is 117 Å². The van der Waals surface area contributed by atoms with E-state index in [1.165, 1.54) is 11.6 Å². The molecule has 0 saturated carbocycles. The number of nitrogens with one attached hydrogen (secondary N) is 1. The highest BCUT2D eigenvalue weighted by Gasteiger charge is 2.08. The van der Waals surface area contributed by atoms with Crippen LogP contribution in [0.15, 0.2) is 48.7 Å². The van der Waals surface area contributed by atoms with Gasteiger partial charge < -0.3 is 5.32 Å². The molecule has 1 heterocycles. The van der Waals surface area contributed by atoms with Gasteiger partial charge in [-0.2, -0.15) is 0 Å². The Morgan fingerprint density at radius 1 is 0.950 bits per heavy atom. The summed E-state index contributed by atoms with van der Waals surface area (Å²) in [5.41, 5.74) is 4.64. The molecule has 0 atom stereocenters. The molecule has 3 rings (SSSR count). The monoisotopic (exact) mass is 266 g/mol. The minimum Gasteiger partial charge on any atom is -0.353 e. The zero-order valence-corrected chi connectivity index (χ0v) is 11.4. The highest BCUT2D eigenvalue weighted by atomic mass is 19.1. The first-order valence-corrected chi connectivity index (χ1v) is 6.53. The van der Waals surface area contributed by atoms with Gasteiger partial charge in [-0.25, -0.2) is 4.39 Å². The van der Waals surface area contributed by atoms with Gasteiger partial charge >= 0.3 is 0 Å². The largest absolute Gasteiger partial charge is 0.353 e. The SMILES string of the molecule is Cc1ccc2c(Nc3ccccc3F)ccnc2c1C. The summed E-state index contributed by atoms with van der Waals surface area (Å²) in [5.74, 6) is -0.263. The molecule has 0 unspecified atom stereocenters. The number of hydrogen-bond donors (Lipinski definition) is 1. The Kier molecular flexibility index (Phi) is 3.11. The summed E-state index contributed by atoms with van der Waals surface area (Å²) in [6.45, 7) is 4.12. The molecule has 0 spiro atoms. The van der Waals surface area contributed by atoms with Crippen LogP contribution in [0.1, 0.15) is 11.1 Å². The average molecular weight is 266 g/mol. The van der Waals surface area contributed by atoms with Crippen molar-refractivity contribution in [1.82, 2.24) is 4.98 Å². The highest BCUT2D eigenvalue weighted by molar-refractivity contribution is 5.95. The Balaban J connectivity index is 2.13. The summed E-state index contributed by atoms with van der Waals surface area (Å²) < 4.78 is 13.7. The topological polar surface area (TPSA) is 24.9 Å². The van der Waals surface area contributed by atoms with Crippen LogP contribution in [0.2, 0.25) is 0 Å². The molecule has 0 fully saturated rings. The van der Waals surface area contributed by atoms with E-state index in [1.54, 1.807) is 18.3 Å². The van der Waals surface area contributed by atoms with Gasteiger partial charge in [-0.15, -0.1) is 0 Å². The van der Waals surface area contributed by atoms with Crippen LogP contribution in [0.25, 0.3) is 10.9 Å². The number of nitrogens with zero attached hydrogens (tertiary/aromatic N) is 1. The van der Waals surface area contributed by atoms with Crippen LogP contribution in [0.3, 0.4) is 0 Å². The lowest BCUT2D eigenvalue weighted by Crippen LogP contribution is -1.96. The molecule has 0 aliphatic carbocycles. The van der Waals surface area contributed by atoms with Gasteiger partial charge in [0.15, 0.2) is 0 Å². The van der Waals surface area contributed by atoms with Crippen molar-refractivity contribution >= 4 is 22.3 Å². The van der Waals surface area contributed by atoms with Gasteiger partial charge in [0.05, 0.1) is 11.2 Å². The molecule has 3 aromatic rings. The number of pyridine rings is 1. The minimum atomic E-state index is -0.263. The summed E-state index contributed by atoms with van der Waals surface area (Å²) in [7, 11) is 0. The lowest BCUT2D eigenvalue weighted by Gasteiger charge is -2.12. The molecule has 0 bridgehead atoms. The van der Waals surface area contributed by atoms with Gasteiger partial charge in [0.2, 0.25) is 0 Å². The first kappa shape index (κ1) is 12.6. The van der Waals surface area contributed by atoms with Crippen molar-refractivity contribution in [2.45, 2.75) is 13.8 Å². The Hall–Kier alpha value is -2.42. The Bertz CT molecular complexity index is 781. The average Bonchev–Trinajstić information content (AvgIpc) is 2.46. The fourth-order valence-corrected chi connectivity index (χ4v) is 2.28. The fraction of sp³-hybridized carbons (Fsp3) is 0.118. The molecule has 3 heteroatoms. The van der Waals surface area contributed by atoms with Gasteiger partial charge in [-0.1, -0.05) is 24.3 Å². The number of aryl methyl sites for hydroxylation is 2. The zero-order valence-electron chi connectivity index (χ0n) is 11.4. The number of benzene rings is 2. The molecule has 1 N–H and O–H groups in total. The van der Waals surface area contributed by atoms with Crippen LogP contribution >= 0.6 is 0 Å². The second-order valence-electron chi connectivity index (χ2n) is 4.87. The summed E-state index contributed by atoms with van der Waals surface area (Å²) in [6, 6.07) is 12.6. The summed E-state index contributed by atoms with van der Waals surface area (Å²) >= 11 is 0.